The lowest BCUT2D eigenvalue weighted by molar-refractivity contribution is 0.211. The lowest BCUT2D eigenvalue weighted by Gasteiger charge is -2.28. The largest absolute Gasteiger partial charge is 0.312 e. The number of likely N-dealkylation sites (tertiary alicyclic amines) is 1. The highest BCUT2D eigenvalue weighted by Crippen LogP contribution is 2.22. The third kappa shape index (κ3) is 4.70. The van der Waals surface area contributed by atoms with Gasteiger partial charge in [-0.2, -0.15) is 0 Å². The minimum atomic E-state index is 0.939. The van der Waals surface area contributed by atoms with Crippen molar-refractivity contribution < 1.29 is 0 Å². The first kappa shape index (κ1) is 13.5. The normalized spacial score (nSPS) is 18.7. The lowest BCUT2D eigenvalue weighted by Crippen LogP contribution is -2.31. The summed E-state index contributed by atoms with van der Waals surface area (Å²) in [5.41, 5.74) is 0. The van der Waals surface area contributed by atoms with Gasteiger partial charge in [-0.25, -0.2) is 0 Å². The monoisotopic (exact) mass is 316 g/mol. The van der Waals surface area contributed by atoms with E-state index in [0.717, 1.165) is 19.0 Å². The Labute approximate surface area is 117 Å². The van der Waals surface area contributed by atoms with Crippen LogP contribution in [0.3, 0.4) is 0 Å². The van der Waals surface area contributed by atoms with E-state index < -0.39 is 0 Å². The number of hydrogen-bond acceptors (Lipinski definition) is 3. The molecular weight excluding hydrogens is 296 g/mol. The molecule has 0 unspecified atom stereocenters. The average Bonchev–Trinajstić information content (AvgIpc) is 2.73. The summed E-state index contributed by atoms with van der Waals surface area (Å²) in [5, 5.41) is 3.55. The summed E-state index contributed by atoms with van der Waals surface area (Å²) < 4.78 is 1.23. The molecule has 17 heavy (non-hydrogen) atoms. The molecular formula is C13H21BrN2S. The highest BCUT2D eigenvalue weighted by molar-refractivity contribution is 9.11. The first-order valence-corrected chi connectivity index (χ1v) is 7.98. The summed E-state index contributed by atoms with van der Waals surface area (Å²) >= 11 is 5.32. The second kappa shape index (κ2) is 6.88. The zero-order chi connectivity index (χ0) is 12.1. The topological polar surface area (TPSA) is 15.3 Å². The lowest BCUT2D eigenvalue weighted by atomic mass is 9.94. The molecule has 0 aliphatic carbocycles. The summed E-state index contributed by atoms with van der Waals surface area (Å²) in [6, 6.07) is 4.32. The van der Waals surface area contributed by atoms with Gasteiger partial charge in [0.05, 0.1) is 3.79 Å². The van der Waals surface area contributed by atoms with Crippen molar-refractivity contribution in [2.75, 3.05) is 26.7 Å². The third-order valence-electron chi connectivity index (χ3n) is 3.50. The van der Waals surface area contributed by atoms with Crippen LogP contribution < -0.4 is 5.32 Å². The zero-order valence-electron chi connectivity index (χ0n) is 10.4. The molecule has 0 aromatic carbocycles. The molecule has 2 heterocycles. The fraction of sp³-hybridized carbons (Fsp3) is 0.692. The van der Waals surface area contributed by atoms with Gasteiger partial charge in [0.2, 0.25) is 0 Å². The van der Waals surface area contributed by atoms with Crippen LogP contribution in [-0.4, -0.2) is 31.6 Å². The van der Waals surface area contributed by atoms with Gasteiger partial charge in [0.15, 0.2) is 0 Å². The fourth-order valence-electron chi connectivity index (χ4n) is 2.32. The third-order valence-corrected chi connectivity index (χ3v) is 5.12. The van der Waals surface area contributed by atoms with Gasteiger partial charge in [-0.05, 0) is 79.9 Å². The molecule has 1 aromatic rings. The van der Waals surface area contributed by atoms with Crippen LogP contribution in [0, 0.1) is 5.92 Å². The summed E-state index contributed by atoms with van der Waals surface area (Å²) in [6.45, 7) is 4.73. The van der Waals surface area contributed by atoms with Crippen LogP contribution in [0.1, 0.15) is 24.1 Å². The Bertz CT molecular complexity index is 332. The maximum Gasteiger partial charge on any atom is 0.0701 e. The van der Waals surface area contributed by atoms with Crippen LogP contribution in [-0.2, 0) is 6.54 Å². The fourth-order valence-corrected chi connectivity index (χ4v) is 3.77. The molecule has 0 radical (unpaired) electrons. The predicted molar refractivity (Wildman–Crippen MR) is 78.6 cm³/mol. The quantitative estimate of drug-likeness (QED) is 0.838. The molecule has 1 N–H and O–H groups in total. The minimum Gasteiger partial charge on any atom is -0.312 e. The van der Waals surface area contributed by atoms with Crippen molar-refractivity contribution in [2.24, 2.45) is 5.92 Å². The van der Waals surface area contributed by atoms with Crippen LogP contribution in [0.15, 0.2) is 15.9 Å². The molecule has 1 fully saturated rings. The first-order chi connectivity index (χ1) is 8.24. The summed E-state index contributed by atoms with van der Waals surface area (Å²) in [5.74, 6) is 0.939. The Balaban J connectivity index is 1.57. The number of rotatable bonds is 5. The van der Waals surface area contributed by atoms with E-state index in [4.69, 9.17) is 0 Å². The van der Waals surface area contributed by atoms with E-state index in [9.17, 15) is 0 Å². The Morgan fingerprint density at radius 3 is 2.82 bits per heavy atom. The second-order valence-corrected chi connectivity index (χ2v) is 7.47. The van der Waals surface area contributed by atoms with Crippen molar-refractivity contribution in [1.29, 1.82) is 0 Å². The van der Waals surface area contributed by atoms with Gasteiger partial charge in [-0.15, -0.1) is 11.3 Å². The number of nitrogens with one attached hydrogen (secondary N) is 1. The number of halogens is 1. The predicted octanol–water partition coefficient (Wildman–Crippen LogP) is 3.33. The van der Waals surface area contributed by atoms with Gasteiger partial charge in [-0.3, -0.25) is 0 Å². The smallest absolute Gasteiger partial charge is 0.0701 e. The van der Waals surface area contributed by atoms with Crippen molar-refractivity contribution in [3.05, 3.63) is 20.8 Å². The van der Waals surface area contributed by atoms with Crippen molar-refractivity contribution in [3.63, 3.8) is 0 Å². The molecule has 2 rings (SSSR count). The Hall–Kier alpha value is 0.1000. The highest BCUT2D eigenvalue weighted by Gasteiger charge is 2.15. The molecule has 1 saturated heterocycles. The summed E-state index contributed by atoms with van der Waals surface area (Å²) in [6.07, 6.45) is 4.09. The van der Waals surface area contributed by atoms with Crippen LogP contribution in [0.25, 0.3) is 0 Å². The van der Waals surface area contributed by atoms with E-state index in [2.05, 4.69) is 45.3 Å². The van der Waals surface area contributed by atoms with Gasteiger partial charge in [0.25, 0.3) is 0 Å². The van der Waals surface area contributed by atoms with Crippen LogP contribution in [0.2, 0.25) is 0 Å². The van der Waals surface area contributed by atoms with Crippen LogP contribution in [0.5, 0.6) is 0 Å². The van der Waals surface area contributed by atoms with E-state index in [1.165, 1.54) is 41.0 Å². The second-order valence-electron chi connectivity index (χ2n) is 4.92. The maximum atomic E-state index is 3.55. The molecule has 0 spiro atoms. The number of thiophene rings is 1. The van der Waals surface area contributed by atoms with E-state index in [-0.39, 0.29) is 0 Å². The van der Waals surface area contributed by atoms with E-state index >= 15 is 0 Å². The van der Waals surface area contributed by atoms with Crippen molar-refractivity contribution in [1.82, 2.24) is 10.2 Å². The molecule has 2 nitrogen and oxygen atoms in total. The number of piperidine rings is 1. The van der Waals surface area contributed by atoms with Gasteiger partial charge >= 0.3 is 0 Å². The van der Waals surface area contributed by atoms with Crippen molar-refractivity contribution >= 4 is 27.3 Å². The van der Waals surface area contributed by atoms with Crippen LogP contribution in [0.4, 0.5) is 0 Å². The van der Waals surface area contributed by atoms with Gasteiger partial charge in [-0.1, -0.05) is 0 Å². The van der Waals surface area contributed by atoms with E-state index in [1.54, 1.807) is 0 Å². The average molecular weight is 317 g/mol. The Morgan fingerprint density at radius 2 is 2.18 bits per heavy atom. The molecule has 0 saturated carbocycles. The summed E-state index contributed by atoms with van der Waals surface area (Å²) in [7, 11) is 2.23. The van der Waals surface area contributed by atoms with Crippen molar-refractivity contribution in [2.45, 2.75) is 25.8 Å². The Kier molecular flexibility index (Phi) is 5.48. The van der Waals surface area contributed by atoms with E-state index in [0.29, 0.717) is 0 Å². The SMILES string of the molecule is CN1CCC(CCNCc2ccc(Br)s2)CC1. The first-order valence-electron chi connectivity index (χ1n) is 6.37. The molecule has 4 heteroatoms. The van der Waals surface area contributed by atoms with Crippen LogP contribution >= 0.6 is 27.3 Å². The van der Waals surface area contributed by atoms with Gasteiger partial charge in [0.1, 0.15) is 0 Å². The minimum absolute atomic E-state index is 0.939. The molecule has 1 aliphatic heterocycles. The maximum absolute atomic E-state index is 3.55. The number of nitrogens with zero attached hydrogens (tertiary/aromatic N) is 1. The number of hydrogen-bond donors (Lipinski definition) is 1. The van der Waals surface area contributed by atoms with Crippen molar-refractivity contribution in [3.8, 4) is 0 Å². The molecule has 96 valence electrons. The Morgan fingerprint density at radius 1 is 1.41 bits per heavy atom. The molecule has 1 aromatic heterocycles. The molecule has 1 aliphatic rings. The van der Waals surface area contributed by atoms with Gasteiger partial charge < -0.3 is 10.2 Å². The van der Waals surface area contributed by atoms with E-state index in [1.807, 2.05) is 11.3 Å². The highest BCUT2D eigenvalue weighted by atomic mass is 79.9. The molecule has 0 amide bonds. The van der Waals surface area contributed by atoms with Gasteiger partial charge in [0, 0.05) is 11.4 Å². The standard InChI is InChI=1S/C13H21BrN2S/c1-16-8-5-11(6-9-16)4-7-15-10-12-2-3-13(14)17-12/h2-3,11,15H,4-10H2,1H3. The summed E-state index contributed by atoms with van der Waals surface area (Å²) in [4.78, 5) is 3.85. The zero-order valence-corrected chi connectivity index (χ0v) is 12.8. The molecule has 0 atom stereocenters. The molecule has 0 bridgehead atoms.